The van der Waals surface area contributed by atoms with E-state index in [1.165, 1.54) is 0 Å². The second kappa shape index (κ2) is 9.70. The minimum absolute atomic E-state index is 0. The van der Waals surface area contributed by atoms with Crippen LogP contribution in [-0.4, -0.2) is 87.0 Å². The maximum absolute atomic E-state index is 10.2. The predicted molar refractivity (Wildman–Crippen MR) is 43.8 cm³/mol. The summed E-state index contributed by atoms with van der Waals surface area (Å²) < 4.78 is 0. The molecule has 0 saturated heterocycles. The van der Waals surface area contributed by atoms with Gasteiger partial charge in [-0.3, -0.25) is 9.59 Å². The topological polar surface area (TPSA) is 91.7 Å². The number of hydrogen-bond acceptors (Lipinski definition) is 3. The van der Waals surface area contributed by atoms with Gasteiger partial charge in [0.15, 0.2) is 0 Å². The van der Waals surface area contributed by atoms with Crippen LogP contribution >= 0.6 is 0 Å². The van der Waals surface area contributed by atoms with Gasteiger partial charge in [-0.15, -0.1) is 0 Å². The summed E-state index contributed by atoms with van der Waals surface area (Å²) in [5.74, 6) is -3.82. The Balaban J connectivity index is -0.000000405. The van der Waals surface area contributed by atoms with Crippen molar-refractivity contribution in [3.05, 3.63) is 0 Å². The molecule has 0 aliphatic rings. The monoisotopic (exact) mass is 194 g/mol. The van der Waals surface area contributed by atoms with Gasteiger partial charge in [0.1, 0.15) is 0 Å². The number of Topliss-reactive ketones (excluding diaryl/α,β-unsaturated/α-hetero) is 1. The van der Waals surface area contributed by atoms with Crippen molar-refractivity contribution in [2.75, 3.05) is 0 Å². The van der Waals surface area contributed by atoms with Crippen LogP contribution in [0.5, 0.6) is 0 Å². The van der Waals surface area contributed by atoms with E-state index in [4.69, 9.17) is 10.2 Å². The van der Waals surface area contributed by atoms with Gasteiger partial charge in [0.25, 0.3) is 0 Å². The first-order chi connectivity index (χ1) is 4.54. The van der Waals surface area contributed by atoms with E-state index in [-0.39, 0.29) is 59.1 Å². The standard InChI is InChI=1S/C5H6O5.2Na.2H/c6-3(5(9)10)1-2-4(7)8;;;;/h1-2H2,(H,7,8)(H,9,10);;;;. The van der Waals surface area contributed by atoms with E-state index in [9.17, 15) is 14.4 Å². The molecule has 0 spiro atoms. The first-order valence-corrected chi connectivity index (χ1v) is 2.52. The van der Waals surface area contributed by atoms with Crippen LogP contribution in [0.15, 0.2) is 0 Å². The van der Waals surface area contributed by atoms with Crippen LogP contribution in [0.25, 0.3) is 0 Å². The number of carbonyl (C=O) groups is 3. The molecule has 2 N–H and O–H groups in total. The maximum atomic E-state index is 10.2. The Morgan fingerprint density at radius 1 is 0.917 bits per heavy atom. The zero-order chi connectivity index (χ0) is 8.15. The molecule has 0 aromatic heterocycles. The zero-order valence-electron chi connectivity index (χ0n) is 5.03. The van der Waals surface area contributed by atoms with Crippen molar-refractivity contribution in [1.82, 2.24) is 0 Å². The summed E-state index contributed by atoms with van der Waals surface area (Å²) in [5, 5.41) is 16.0. The molecule has 0 heterocycles. The second-order valence-corrected chi connectivity index (χ2v) is 1.62. The first kappa shape index (κ1) is 18.4. The van der Waals surface area contributed by atoms with Crippen LogP contribution in [0.4, 0.5) is 0 Å². The Kier molecular flexibility index (Phi) is 14.9. The molecule has 0 rings (SSSR count). The van der Waals surface area contributed by atoms with Crippen LogP contribution < -0.4 is 0 Å². The fourth-order valence-electron chi connectivity index (χ4n) is 0.327. The van der Waals surface area contributed by atoms with Crippen molar-refractivity contribution in [3.63, 3.8) is 0 Å². The summed E-state index contributed by atoms with van der Waals surface area (Å²) in [6.45, 7) is 0. The average Bonchev–Trinajstić information content (AvgIpc) is 1.82. The molecule has 12 heavy (non-hydrogen) atoms. The third kappa shape index (κ3) is 10.6. The Hall–Kier alpha value is 0.610. The molecule has 0 aliphatic carbocycles. The van der Waals surface area contributed by atoms with Gasteiger partial charge >= 0.3 is 71.1 Å². The minimum atomic E-state index is -1.58. The van der Waals surface area contributed by atoms with E-state index in [2.05, 4.69) is 0 Å². The normalized spacial score (nSPS) is 7.33. The molecule has 0 bridgehead atoms. The summed E-state index contributed by atoms with van der Waals surface area (Å²) in [6.07, 6.45) is -0.865. The van der Waals surface area contributed by atoms with Crippen LogP contribution in [0.2, 0.25) is 0 Å². The van der Waals surface area contributed by atoms with E-state index in [1.807, 2.05) is 0 Å². The molecule has 0 fully saturated rings. The second-order valence-electron chi connectivity index (χ2n) is 1.62. The number of carbonyl (C=O) groups excluding carboxylic acids is 1. The SMILES string of the molecule is O=C(O)CCC(=O)C(=O)O.[NaH].[NaH]. The van der Waals surface area contributed by atoms with E-state index >= 15 is 0 Å². The number of ketones is 1. The summed E-state index contributed by atoms with van der Waals surface area (Å²) in [6, 6.07) is 0. The third-order valence-electron chi connectivity index (χ3n) is 0.804. The van der Waals surface area contributed by atoms with Crippen LogP contribution in [0.1, 0.15) is 12.8 Å². The number of rotatable bonds is 4. The van der Waals surface area contributed by atoms with Crippen molar-refractivity contribution in [2.24, 2.45) is 0 Å². The Bertz CT molecular complexity index is 179. The predicted octanol–water partition coefficient (Wildman–Crippen LogP) is -1.79. The molecule has 0 atom stereocenters. The number of aliphatic carboxylic acids is 2. The van der Waals surface area contributed by atoms with Crippen molar-refractivity contribution in [3.8, 4) is 0 Å². The summed E-state index contributed by atoms with van der Waals surface area (Å²) in [7, 11) is 0. The van der Waals surface area contributed by atoms with Gasteiger partial charge in [-0.25, -0.2) is 4.79 Å². The summed E-state index contributed by atoms with van der Waals surface area (Å²) >= 11 is 0. The van der Waals surface area contributed by atoms with Crippen LogP contribution in [-0.2, 0) is 14.4 Å². The number of carboxylic acids is 2. The Morgan fingerprint density at radius 3 is 1.58 bits per heavy atom. The van der Waals surface area contributed by atoms with Gasteiger partial charge in [0.05, 0.1) is 6.42 Å². The van der Waals surface area contributed by atoms with Crippen molar-refractivity contribution >= 4 is 76.8 Å². The molecule has 0 aliphatic heterocycles. The van der Waals surface area contributed by atoms with Gasteiger partial charge in [0.2, 0.25) is 5.78 Å². The average molecular weight is 194 g/mol. The fourth-order valence-corrected chi connectivity index (χ4v) is 0.327. The van der Waals surface area contributed by atoms with Crippen molar-refractivity contribution in [1.29, 1.82) is 0 Å². The van der Waals surface area contributed by atoms with E-state index in [0.29, 0.717) is 0 Å². The van der Waals surface area contributed by atoms with Gasteiger partial charge in [-0.05, 0) is 0 Å². The number of hydrogen-bond donors (Lipinski definition) is 2. The summed E-state index contributed by atoms with van der Waals surface area (Å²) in [5.41, 5.74) is 0. The van der Waals surface area contributed by atoms with Gasteiger partial charge < -0.3 is 10.2 Å². The molecule has 0 aromatic carbocycles. The van der Waals surface area contributed by atoms with E-state index in [0.717, 1.165) is 0 Å². The van der Waals surface area contributed by atoms with Gasteiger partial charge in [-0.1, -0.05) is 0 Å². The molecule has 0 unspecified atom stereocenters. The summed E-state index contributed by atoms with van der Waals surface area (Å²) in [4.78, 5) is 29.7. The van der Waals surface area contributed by atoms with Crippen molar-refractivity contribution < 1.29 is 24.6 Å². The Morgan fingerprint density at radius 2 is 1.33 bits per heavy atom. The quantitative estimate of drug-likeness (QED) is 0.407. The molecule has 0 saturated carbocycles. The van der Waals surface area contributed by atoms with Crippen molar-refractivity contribution in [2.45, 2.75) is 12.8 Å². The van der Waals surface area contributed by atoms with Gasteiger partial charge in [-0.2, -0.15) is 0 Å². The molecule has 0 amide bonds. The van der Waals surface area contributed by atoms with E-state index in [1.54, 1.807) is 0 Å². The third-order valence-corrected chi connectivity index (χ3v) is 0.804. The number of carboxylic acid groups (broad SMARTS) is 2. The Labute approximate surface area is 113 Å². The van der Waals surface area contributed by atoms with Gasteiger partial charge in [0, 0.05) is 6.42 Å². The van der Waals surface area contributed by atoms with E-state index < -0.39 is 30.6 Å². The molecule has 7 heteroatoms. The molecular formula is C5H8Na2O5. The van der Waals surface area contributed by atoms with Crippen LogP contribution in [0, 0.1) is 0 Å². The molecule has 0 aromatic rings. The zero-order valence-corrected chi connectivity index (χ0v) is 5.03. The molecular weight excluding hydrogens is 186 g/mol. The van der Waals surface area contributed by atoms with Crippen LogP contribution in [0.3, 0.4) is 0 Å². The molecule has 5 nitrogen and oxygen atoms in total. The fraction of sp³-hybridized carbons (Fsp3) is 0.400. The first-order valence-electron chi connectivity index (χ1n) is 2.52. The molecule has 60 valence electrons. The molecule has 0 radical (unpaired) electrons.